The Morgan fingerprint density at radius 1 is 1.19 bits per heavy atom. The number of furan rings is 1. The Labute approximate surface area is 119 Å². The predicted octanol–water partition coefficient (Wildman–Crippen LogP) is 2.59. The molecule has 0 aliphatic rings. The molecule has 0 aliphatic heterocycles. The number of nitrogens with zero attached hydrogens (tertiary/aromatic N) is 2. The van der Waals surface area contributed by atoms with Gasteiger partial charge in [0.15, 0.2) is 11.5 Å². The summed E-state index contributed by atoms with van der Waals surface area (Å²) in [6.07, 6.45) is 1.42. The molecule has 7 heteroatoms. The molecule has 0 spiro atoms. The summed E-state index contributed by atoms with van der Waals surface area (Å²) in [4.78, 5) is 11.9. The number of amides is 1. The molecule has 2 heterocycles. The van der Waals surface area contributed by atoms with Crippen molar-refractivity contribution < 1.29 is 18.6 Å². The highest BCUT2D eigenvalue weighted by molar-refractivity contribution is 6.03. The molecule has 0 saturated carbocycles. The van der Waals surface area contributed by atoms with Gasteiger partial charge in [0.05, 0.1) is 13.4 Å². The molecular formula is C14H11N3O4. The molecule has 0 aliphatic carbocycles. The molecule has 3 aromatic rings. The van der Waals surface area contributed by atoms with E-state index >= 15 is 0 Å². The third kappa shape index (κ3) is 2.62. The second kappa shape index (κ2) is 5.49. The van der Waals surface area contributed by atoms with Crippen LogP contribution in [0.4, 0.5) is 5.82 Å². The van der Waals surface area contributed by atoms with Crippen molar-refractivity contribution in [2.24, 2.45) is 0 Å². The van der Waals surface area contributed by atoms with Crippen LogP contribution in [0.2, 0.25) is 0 Å². The van der Waals surface area contributed by atoms with Gasteiger partial charge in [0, 0.05) is 5.56 Å². The lowest BCUT2D eigenvalue weighted by Gasteiger charge is -2.02. The van der Waals surface area contributed by atoms with Gasteiger partial charge in [0.25, 0.3) is 5.91 Å². The van der Waals surface area contributed by atoms with Crippen LogP contribution in [0.5, 0.6) is 5.75 Å². The first kappa shape index (κ1) is 12.9. The number of ether oxygens (including phenoxy) is 1. The van der Waals surface area contributed by atoms with Crippen LogP contribution in [-0.2, 0) is 0 Å². The van der Waals surface area contributed by atoms with E-state index in [0.717, 1.165) is 11.3 Å². The summed E-state index contributed by atoms with van der Waals surface area (Å²) in [5, 5.41) is 10.1. The zero-order valence-electron chi connectivity index (χ0n) is 11.1. The van der Waals surface area contributed by atoms with Crippen LogP contribution in [0.25, 0.3) is 11.3 Å². The molecule has 0 atom stereocenters. The van der Waals surface area contributed by atoms with Crippen molar-refractivity contribution in [1.29, 1.82) is 0 Å². The van der Waals surface area contributed by atoms with Gasteiger partial charge in [0.2, 0.25) is 5.82 Å². The third-order valence-electron chi connectivity index (χ3n) is 2.83. The molecular weight excluding hydrogens is 274 g/mol. The van der Waals surface area contributed by atoms with Crippen molar-refractivity contribution in [3.63, 3.8) is 0 Å². The van der Waals surface area contributed by atoms with E-state index in [4.69, 9.17) is 13.8 Å². The first-order chi connectivity index (χ1) is 10.3. The minimum atomic E-state index is -0.425. The maximum atomic E-state index is 11.9. The average Bonchev–Trinajstić information content (AvgIpc) is 3.19. The second-order valence-corrected chi connectivity index (χ2v) is 4.12. The van der Waals surface area contributed by atoms with Gasteiger partial charge in [0.1, 0.15) is 5.75 Å². The molecule has 21 heavy (non-hydrogen) atoms. The summed E-state index contributed by atoms with van der Waals surface area (Å²) in [5.41, 5.74) is 1.17. The van der Waals surface area contributed by atoms with Crippen molar-refractivity contribution in [3.8, 4) is 17.0 Å². The standard InChI is InChI=1S/C14H11N3O4/c1-19-10-6-4-9(5-7-10)12-13(17-21-16-12)15-14(18)11-3-2-8-20-11/h2-8H,1H3,(H,15,17,18). The summed E-state index contributed by atoms with van der Waals surface area (Å²) in [7, 11) is 1.58. The highest BCUT2D eigenvalue weighted by Crippen LogP contribution is 2.26. The minimum absolute atomic E-state index is 0.179. The molecule has 0 saturated heterocycles. The third-order valence-corrected chi connectivity index (χ3v) is 2.83. The number of hydrogen-bond donors (Lipinski definition) is 1. The number of aromatic nitrogens is 2. The number of hydrogen-bond acceptors (Lipinski definition) is 6. The van der Waals surface area contributed by atoms with E-state index in [1.165, 1.54) is 6.26 Å². The van der Waals surface area contributed by atoms with Crippen LogP contribution in [0.15, 0.2) is 51.7 Å². The fourth-order valence-corrected chi connectivity index (χ4v) is 1.79. The van der Waals surface area contributed by atoms with Crippen LogP contribution in [0, 0.1) is 0 Å². The van der Waals surface area contributed by atoms with E-state index in [2.05, 4.69) is 15.6 Å². The van der Waals surface area contributed by atoms with Crippen LogP contribution in [0.1, 0.15) is 10.6 Å². The Morgan fingerprint density at radius 3 is 2.67 bits per heavy atom. The van der Waals surface area contributed by atoms with E-state index in [-0.39, 0.29) is 11.6 Å². The first-order valence-electron chi connectivity index (χ1n) is 6.10. The topological polar surface area (TPSA) is 90.4 Å². The monoisotopic (exact) mass is 285 g/mol. The predicted molar refractivity (Wildman–Crippen MR) is 72.9 cm³/mol. The molecule has 1 amide bonds. The molecule has 0 fully saturated rings. The largest absolute Gasteiger partial charge is 0.497 e. The first-order valence-corrected chi connectivity index (χ1v) is 6.10. The molecule has 0 radical (unpaired) electrons. The maximum absolute atomic E-state index is 11.9. The average molecular weight is 285 g/mol. The van der Waals surface area contributed by atoms with Crippen LogP contribution >= 0.6 is 0 Å². The normalized spacial score (nSPS) is 10.3. The number of methoxy groups -OCH3 is 1. The Morgan fingerprint density at radius 2 is 2.00 bits per heavy atom. The lowest BCUT2D eigenvalue weighted by molar-refractivity contribution is 0.0995. The SMILES string of the molecule is COc1ccc(-c2nonc2NC(=O)c2ccco2)cc1. The number of nitrogens with one attached hydrogen (secondary N) is 1. The summed E-state index contributed by atoms with van der Waals surface area (Å²) < 4.78 is 14.8. The second-order valence-electron chi connectivity index (χ2n) is 4.12. The number of rotatable bonds is 4. The van der Waals surface area contributed by atoms with Gasteiger partial charge in [-0.25, -0.2) is 4.63 Å². The molecule has 1 aromatic carbocycles. The Hall–Kier alpha value is -3.09. The van der Waals surface area contributed by atoms with Gasteiger partial charge in [-0.15, -0.1) is 0 Å². The van der Waals surface area contributed by atoms with E-state index in [1.807, 2.05) is 0 Å². The Bertz CT molecular complexity index is 732. The molecule has 3 rings (SSSR count). The van der Waals surface area contributed by atoms with E-state index < -0.39 is 5.91 Å². The maximum Gasteiger partial charge on any atom is 0.292 e. The highest BCUT2D eigenvalue weighted by Gasteiger charge is 2.17. The van der Waals surface area contributed by atoms with Crippen molar-refractivity contribution in [2.45, 2.75) is 0 Å². The van der Waals surface area contributed by atoms with E-state index in [0.29, 0.717) is 5.69 Å². The van der Waals surface area contributed by atoms with Gasteiger partial charge in [-0.2, -0.15) is 0 Å². The highest BCUT2D eigenvalue weighted by atomic mass is 16.6. The van der Waals surface area contributed by atoms with E-state index in [1.54, 1.807) is 43.5 Å². The van der Waals surface area contributed by atoms with Crippen molar-refractivity contribution >= 4 is 11.7 Å². The van der Waals surface area contributed by atoms with Gasteiger partial charge in [-0.05, 0) is 46.7 Å². The lowest BCUT2D eigenvalue weighted by atomic mass is 10.1. The van der Waals surface area contributed by atoms with Gasteiger partial charge in [-0.3, -0.25) is 10.1 Å². The van der Waals surface area contributed by atoms with Gasteiger partial charge < -0.3 is 9.15 Å². The number of carbonyl (C=O) groups is 1. The quantitative estimate of drug-likeness (QED) is 0.792. The summed E-state index contributed by atoms with van der Waals surface area (Å²) in [5.74, 6) is 0.696. The van der Waals surface area contributed by atoms with Crippen LogP contribution < -0.4 is 10.1 Å². The Balaban J connectivity index is 1.85. The number of benzene rings is 1. The zero-order chi connectivity index (χ0) is 14.7. The van der Waals surface area contributed by atoms with Gasteiger partial charge >= 0.3 is 0 Å². The van der Waals surface area contributed by atoms with E-state index in [9.17, 15) is 4.79 Å². The van der Waals surface area contributed by atoms with Crippen LogP contribution in [-0.4, -0.2) is 23.3 Å². The zero-order valence-corrected chi connectivity index (χ0v) is 11.1. The van der Waals surface area contributed by atoms with Crippen molar-refractivity contribution in [2.75, 3.05) is 12.4 Å². The number of carbonyl (C=O) groups excluding carboxylic acids is 1. The molecule has 106 valence electrons. The Kier molecular flexibility index (Phi) is 3.38. The summed E-state index contributed by atoms with van der Waals surface area (Å²) >= 11 is 0. The molecule has 7 nitrogen and oxygen atoms in total. The molecule has 0 unspecified atom stereocenters. The van der Waals surface area contributed by atoms with Crippen molar-refractivity contribution in [3.05, 3.63) is 48.4 Å². The van der Waals surface area contributed by atoms with Crippen LogP contribution in [0.3, 0.4) is 0 Å². The fraction of sp³-hybridized carbons (Fsp3) is 0.0714. The van der Waals surface area contributed by atoms with Crippen molar-refractivity contribution in [1.82, 2.24) is 10.3 Å². The molecule has 0 bridgehead atoms. The summed E-state index contributed by atoms with van der Waals surface area (Å²) in [6.45, 7) is 0. The number of anilines is 1. The fourth-order valence-electron chi connectivity index (χ4n) is 1.79. The minimum Gasteiger partial charge on any atom is -0.497 e. The summed E-state index contributed by atoms with van der Waals surface area (Å²) in [6, 6.07) is 10.3. The molecule has 2 aromatic heterocycles. The van der Waals surface area contributed by atoms with Gasteiger partial charge in [-0.1, -0.05) is 0 Å². The lowest BCUT2D eigenvalue weighted by Crippen LogP contribution is -2.11. The smallest absolute Gasteiger partial charge is 0.292 e. The molecule has 1 N–H and O–H groups in total.